The van der Waals surface area contributed by atoms with Crippen LogP contribution in [0, 0.1) is 16.0 Å². The average Bonchev–Trinajstić information content (AvgIpc) is 2.76. The molecule has 1 aromatic rings. The SMILES string of the molecule is CCC1C(=O)N(C(O)C(=O)OCc2ccc([N+](=O)[O-])cc2)C1SCSSCCNC(C)=O. The zero-order chi connectivity index (χ0) is 23.7. The highest BCUT2D eigenvalue weighted by molar-refractivity contribution is 8.78. The first-order valence-corrected chi connectivity index (χ1v) is 13.3. The molecule has 0 aliphatic carbocycles. The van der Waals surface area contributed by atoms with E-state index in [0.717, 1.165) is 10.7 Å². The molecule has 13 heteroatoms. The van der Waals surface area contributed by atoms with Crippen LogP contribution in [0.1, 0.15) is 25.8 Å². The number of nitro groups is 1. The Bertz CT molecular complexity index is 825. The van der Waals surface area contributed by atoms with Gasteiger partial charge in [-0.15, -0.1) is 11.8 Å². The predicted octanol–water partition coefficient (Wildman–Crippen LogP) is 2.36. The summed E-state index contributed by atoms with van der Waals surface area (Å²) in [7, 11) is 3.16. The molecule has 1 aromatic carbocycles. The zero-order valence-electron chi connectivity index (χ0n) is 17.6. The fraction of sp³-hybridized carbons (Fsp3) is 0.526. The van der Waals surface area contributed by atoms with Gasteiger partial charge >= 0.3 is 5.97 Å². The number of carbonyl (C=O) groups excluding carboxylic acids is 3. The number of hydrogen-bond acceptors (Lipinski definition) is 10. The molecule has 2 rings (SSSR count). The number of esters is 1. The second-order valence-corrected chi connectivity index (χ2v) is 10.8. The number of β-lactam (4-membered cyclic amide) rings is 1. The number of non-ortho nitro benzene ring substituents is 1. The summed E-state index contributed by atoms with van der Waals surface area (Å²) < 4.78 is 5.10. The standard InChI is InChI=1S/C19H25N3O7S3/c1-3-15-16(24)21(18(15)30-11-32-31-9-8-20-12(2)23)17(25)19(26)29-10-13-4-6-14(7-5-13)22(27)28/h4-7,15,17-18,25H,3,8-11H2,1-2H3,(H,20,23). The van der Waals surface area contributed by atoms with E-state index in [2.05, 4.69) is 5.32 Å². The van der Waals surface area contributed by atoms with Crippen molar-refractivity contribution in [2.75, 3.05) is 17.4 Å². The smallest absolute Gasteiger partial charge is 0.356 e. The van der Waals surface area contributed by atoms with Gasteiger partial charge in [-0.25, -0.2) is 4.79 Å². The van der Waals surface area contributed by atoms with Crippen molar-refractivity contribution in [3.8, 4) is 0 Å². The van der Waals surface area contributed by atoms with Gasteiger partial charge in [-0.3, -0.25) is 24.6 Å². The molecule has 1 heterocycles. The minimum absolute atomic E-state index is 0.0752. The van der Waals surface area contributed by atoms with Gasteiger partial charge in [0.1, 0.15) is 6.61 Å². The van der Waals surface area contributed by atoms with E-state index in [4.69, 9.17) is 4.74 Å². The van der Waals surface area contributed by atoms with E-state index < -0.39 is 17.1 Å². The number of amides is 2. The Morgan fingerprint density at radius 2 is 2.00 bits per heavy atom. The van der Waals surface area contributed by atoms with Crippen LogP contribution >= 0.6 is 33.3 Å². The van der Waals surface area contributed by atoms with Crippen LogP contribution in [0.15, 0.2) is 24.3 Å². The van der Waals surface area contributed by atoms with E-state index >= 15 is 0 Å². The van der Waals surface area contributed by atoms with Crippen LogP contribution in [0.3, 0.4) is 0 Å². The van der Waals surface area contributed by atoms with E-state index in [-0.39, 0.29) is 35.4 Å². The third-order valence-electron chi connectivity index (χ3n) is 4.56. The van der Waals surface area contributed by atoms with Gasteiger partial charge in [-0.1, -0.05) is 28.5 Å². The van der Waals surface area contributed by atoms with Crippen LogP contribution in [0.2, 0.25) is 0 Å². The Hall–Kier alpha value is -1.96. The summed E-state index contributed by atoms with van der Waals surface area (Å²) in [6.07, 6.45) is -1.11. The quantitative estimate of drug-likeness (QED) is 0.0784. The Morgan fingerprint density at radius 1 is 1.31 bits per heavy atom. The van der Waals surface area contributed by atoms with E-state index in [1.165, 1.54) is 43.0 Å². The minimum atomic E-state index is -1.71. The summed E-state index contributed by atoms with van der Waals surface area (Å²) in [6, 6.07) is 5.50. The number of nitro benzene ring substituents is 1. The Morgan fingerprint density at radius 3 is 2.59 bits per heavy atom. The fourth-order valence-electron chi connectivity index (χ4n) is 2.90. The lowest BCUT2D eigenvalue weighted by Gasteiger charge is -2.47. The number of likely N-dealkylation sites (tertiary alicyclic amines) is 1. The molecule has 0 saturated carbocycles. The van der Waals surface area contributed by atoms with Crippen molar-refractivity contribution in [2.45, 2.75) is 38.5 Å². The second kappa shape index (κ2) is 12.9. The van der Waals surface area contributed by atoms with Crippen LogP contribution in [0.5, 0.6) is 0 Å². The molecule has 10 nitrogen and oxygen atoms in total. The first-order valence-electron chi connectivity index (χ1n) is 9.77. The third-order valence-corrected chi connectivity index (χ3v) is 8.79. The van der Waals surface area contributed by atoms with Gasteiger partial charge in [0.25, 0.3) is 5.69 Å². The van der Waals surface area contributed by atoms with Gasteiger partial charge in [-0.2, -0.15) is 0 Å². The topological polar surface area (TPSA) is 139 Å². The maximum atomic E-state index is 12.4. The molecule has 3 atom stereocenters. The van der Waals surface area contributed by atoms with Crippen molar-refractivity contribution >= 4 is 56.8 Å². The fourth-order valence-corrected chi connectivity index (χ4v) is 6.89. The largest absolute Gasteiger partial charge is 0.457 e. The number of thioether (sulfide) groups is 1. The first-order chi connectivity index (χ1) is 15.3. The first kappa shape index (κ1) is 26.3. The van der Waals surface area contributed by atoms with Gasteiger partial charge in [-0.05, 0) is 24.1 Å². The molecule has 2 N–H and O–H groups in total. The second-order valence-electron chi connectivity index (χ2n) is 6.76. The molecule has 1 fully saturated rings. The molecule has 0 bridgehead atoms. The summed E-state index contributed by atoms with van der Waals surface area (Å²) in [5.74, 6) is -0.856. The summed E-state index contributed by atoms with van der Waals surface area (Å²) in [5, 5.41) is 24.1. The predicted molar refractivity (Wildman–Crippen MR) is 125 cm³/mol. The molecule has 0 radical (unpaired) electrons. The molecule has 2 amide bonds. The highest BCUT2D eigenvalue weighted by Gasteiger charge is 2.51. The molecule has 1 saturated heterocycles. The summed E-state index contributed by atoms with van der Waals surface area (Å²) in [6.45, 7) is 3.74. The van der Waals surface area contributed by atoms with Gasteiger partial charge in [0, 0.05) is 31.4 Å². The average molecular weight is 504 g/mol. The van der Waals surface area contributed by atoms with Crippen molar-refractivity contribution in [1.29, 1.82) is 0 Å². The van der Waals surface area contributed by atoms with Crippen molar-refractivity contribution < 1.29 is 29.2 Å². The number of aliphatic hydroxyl groups excluding tert-OH is 1. The van der Waals surface area contributed by atoms with Gasteiger partial charge in [0.05, 0.1) is 21.3 Å². The van der Waals surface area contributed by atoms with E-state index in [1.807, 2.05) is 6.92 Å². The molecular weight excluding hydrogens is 478 g/mol. The van der Waals surface area contributed by atoms with E-state index in [1.54, 1.807) is 21.6 Å². The monoisotopic (exact) mass is 503 g/mol. The number of nitrogens with one attached hydrogen (secondary N) is 1. The highest BCUT2D eigenvalue weighted by Crippen LogP contribution is 2.41. The number of carbonyl (C=O) groups is 3. The zero-order valence-corrected chi connectivity index (χ0v) is 20.0. The number of nitrogens with zero attached hydrogens (tertiary/aromatic N) is 2. The van der Waals surface area contributed by atoms with Crippen LogP contribution < -0.4 is 5.32 Å². The number of aliphatic hydroxyl groups is 1. The van der Waals surface area contributed by atoms with Crippen molar-refractivity contribution in [2.24, 2.45) is 5.92 Å². The molecule has 0 aromatic heterocycles. The molecule has 1 aliphatic heterocycles. The normalized spacial score (nSPS) is 18.6. The lowest BCUT2D eigenvalue weighted by molar-refractivity contribution is -0.384. The third kappa shape index (κ3) is 7.29. The molecule has 3 unspecified atom stereocenters. The van der Waals surface area contributed by atoms with E-state index in [9.17, 15) is 29.6 Å². The molecule has 1 aliphatic rings. The molecule has 176 valence electrons. The summed E-state index contributed by atoms with van der Waals surface area (Å²) in [4.78, 5) is 46.8. The van der Waals surface area contributed by atoms with Crippen LogP contribution in [0.25, 0.3) is 0 Å². The molecular formula is C19H25N3O7S3. The lowest BCUT2D eigenvalue weighted by Crippen LogP contribution is -2.64. The minimum Gasteiger partial charge on any atom is -0.457 e. The van der Waals surface area contributed by atoms with Crippen molar-refractivity contribution in [1.82, 2.24) is 10.2 Å². The van der Waals surface area contributed by atoms with Gasteiger partial charge in [0.15, 0.2) is 0 Å². The lowest BCUT2D eigenvalue weighted by atomic mass is 9.95. The van der Waals surface area contributed by atoms with E-state index in [0.29, 0.717) is 23.6 Å². The Kier molecular flexibility index (Phi) is 10.6. The van der Waals surface area contributed by atoms with Gasteiger partial charge < -0.3 is 15.2 Å². The van der Waals surface area contributed by atoms with Crippen LogP contribution in [0.4, 0.5) is 5.69 Å². The number of ether oxygens (including phenoxy) is 1. The molecule has 0 spiro atoms. The summed E-state index contributed by atoms with van der Waals surface area (Å²) >= 11 is 1.46. The highest BCUT2D eigenvalue weighted by atomic mass is 33.1. The van der Waals surface area contributed by atoms with Crippen molar-refractivity contribution in [3.63, 3.8) is 0 Å². The maximum absolute atomic E-state index is 12.4. The maximum Gasteiger partial charge on any atom is 0.356 e. The number of hydrogen-bond donors (Lipinski definition) is 2. The Labute approximate surface area is 197 Å². The Balaban J connectivity index is 1.81. The summed E-state index contributed by atoms with van der Waals surface area (Å²) in [5.41, 5.74) is 0.444. The van der Waals surface area contributed by atoms with Crippen LogP contribution in [-0.2, 0) is 25.7 Å². The number of benzene rings is 1. The van der Waals surface area contributed by atoms with Crippen molar-refractivity contribution in [3.05, 3.63) is 39.9 Å². The number of rotatable bonds is 13. The molecule has 32 heavy (non-hydrogen) atoms. The van der Waals surface area contributed by atoms with Crippen LogP contribution in [-0.4, -0.2) is 61.7 Å². The van der Waals surface area contributed by atoms with Gasteiger partial charge in [0.2, 0.25) is 18.0 Å².